The molecule has 3 rings (SSSR count). The largest absolute Gasteiger partial charge is 0.459 e. The fraction of sp³-hybridized carbons (Fsp3) is 0.684. The SMILES string of the molecule is CCC1(CNC(=NC)N2CCN(C(=O)c3ccco3)CC2)CCCC1.I. The van der Waals surface area contributed by atoms with E-state index in [2.05, 4.69) is 22.1 Å². The minimum atomic E-state index is -0.0245. The first-order chi connectivity index (χ1) is 12.2. The quantitative estimate of drug-likeness (QED) is 0.414. The molecule has 0 aromatic carbocycles. The molecular formula is C19H31IN4O2. The normalized spacial score (nSPS) is 20.0. The van der Waals surface area contributed by atoms with Crippen LogP contribution >= 0.6 is 24.0 Å². The van der Waals surface area contributed by atoms with Gasteiger partial charge in [-0.05, 0) is 36.8 Å². The van der Waals surface area contributed by atoms with Crippen LogP contribution in [0.1, 0.15) is 49.6 Å². The van der Waals surface area contributed by atoms with Crippen molar-refractivity contribution < 1.29 is 9.21 Å². The maximum absolute atomic E-state index is 12.4. The van der Waals surface area contributed by atoms with Crippen LogP contribution in [0.25, 0.3) is 0 Å². The van der Waals surface area contributed by atoms with Crippen molar-refractivity contribution in [3.8, 4) is 0 Å². The highest BCUT2D eigenvalue weighted by Gasteiger charge is 2.33. The average molecular weight is 474 g/mol. The molecule has 0 bridgehead atoms. The Hall–Kier alpha value is -1.25. The van der Waals surface area contributed by atoms with Gasteiger partial charge in [0.2, 0.25) is 0 Å². The van der Waals surface area contributed by atoms with E-state index < -0.39 is 0 Å². The molecule has 0 spiro atoms. The fourth-order valence-corrected chi connectivity index (χ4v) is 4.06. The number of carbonyl (C=O) groups excluding carboxylic acids is 1. The molecule has 1 aromatic heterocycles. The predicted octanol–water partition coefficient (Wildman–Crippen LogP) is 3.20. The molecule has 1 aromatic rings. The molecule has 1 aliphatic carbocycles. The summed E-state index contributed by atoms with van der Waals surface area (Å²) in [6.45, 7) is 6.28. The molecule has 26 heavy (non-hydrogen) atoms. The molecule has 7 heteroatoms. The standard InChI is InChI=1S/C19H30N4O2.HI/c1-3-19(8-4-5-9-19)15-21-18(20-2)23-12-10-22(11-13-23)17(24)16-7-6-14-25-16;/h6-7,14H,3-5,8-13,15H2,1-2H3,(H,20,21);1H. The number of piperazine rings is 1. The zero-order valence-corrected chi connectivity index (χ0v) is 18.2. The summed E-state index contributed by atoms with van der Waals surface area (Å²) in [5, 5.41) is 3.60. The van der Waals surface area contributed by atoms with Crippen molar-refractivity contribution in [2.45, 2.75) is 39.0 Å². The molecule has 1 N–H and O–H groups in total. The molecule has 0 radical (unpaired) electrons. The third kappa shape index (κ3) is 4.72. The molecule has 2 fully saturated rings. The van der Waals surface area contributed by atoms with Crippen molar-refractivity contribution in [1.29, 1.82) is 0 Å². The lowest BCUT2D eigenvalue weighted by Crippen LogP contribution is -2.54. The molecule has 2 heterocycles. The first-order valence-electron chi connectivity index (χ1n) is 9.46. The number of carbonyl (C=O) groups is 1. The molecule has 0 atom stereocenters. The van der Waals surface area contributed by atoms with Crippen LogP contribution in [0.3, 0.4) is 0 Å². The summed E-state index contributed by atoms with van der Waals surface area (Å²) >= 11 is 0. The number of hydrogen-bond acceptors (Lipinski definition) is 3. The molecule has 1 saturated heterocycles. The fourth-order valence-electron chi connectivity index (χ4n) is 4.06. The number of rotatable bonds is 4. The van der Waals surface area contributed by atoms with E-state index in [1.54, 1.807) is 18.4 Å². The zero-order valence-electron chi connectivity index (χ0n) is 15.9. The van der Waals surface area contributed by atoms with Gasteiger partial charge in [-0.1, -0.05) is 19.8 Å². The Balaban J connectivity index is 0.00000243. The molecule has 0 unspecified atom stereocenters. The highest BCUT2D eigenvalue weighted by Crippen LogP contribution is 2.40. The van der Waals surface area contributed by atoms with Crippen molar-refractivity contribution in [1.82, 2.24) is 15.1 Å². The van der Waals surface area contributed by atoms with E-state index in [0.29, 0.717) is 24.3 Å². The minimum Gasteiger partial charge on any atom is -0.459 e. The van der Waals surface area contributed by atoms with Gasteiger partial charge in [-0.2, -0.15) is 0 Å². The Kier molecular flexibility index (Phi) is 7.79. The topological polar surface area (TPSA) is 61.1 Å². The van der Waals surface area contributed by atoms with Crippen LogP contribution in [-0.4, -0.2) is 61.4 Å². The Bertz CT molecular complexity index is 589. The second kappa shape index (κ2) is 9.62. The number of nitrogens with zero attached hydrogens (tertiary/aromatic N) is 3. The number of hydrogen-bond donors (Lipinski definition) is 1. The van der Waals surface area contributed by atoms with Crippen molar-refractivity contribution in [2.24, 2.45) is 10.4 Å². The van der Waals surface area contributed by atoms with Gasteiger partial charge in [0.15, 0.2) is 11.7 Å². The van der Waals surface area contributed by atoms with E-state index >= 15 is 0 Å². The molecule has 6 nitrogen and oxygen atoms in total. The summed E-state index contributed by atoms with van der Waals surface area (Å²) in [5.74, 6) is 1.36. The summed E-state index contributed by atoms with van der Waals surface area (Å²) in [6.07, 6.45) is 8.10. The molecule has 1 saturated carbocycles. The van der Waals surface area contributed by atoms with Gasteiger partial charge in [0, 0.05) is 39.8 Å². The average Bonchev–Trinajstić information content (AvgIpc) is 3.35. The van der Waals surface area contributed by atoms with Gasteiger partial charge in [0.1, 0.15) is 0 Å². The third-order valence-corrected chi connectivity index (χ3v) is 5.85. The number of guanidine groups is 1. The molecule has 146 valence electrons. The summed E-state index contributed by atoms with van der Waals surface area (Å²) in [6, 6.07) is 3.48. The highest BCUT2D eigenvalue weighted by molar-refractivity contribution is 14.0. The van der Waals surface area contributed by atoms with Gasteiger partial charge in [0.05, 0.1) is 6.26 Å². The minimum absolute atomic E-state index is 0. The summed E-state index contributed by atoms with van der Waals surface area (Å²) in [4.78, 5) is 20.9. The smallest absolute Gasteiger partial charge is 0.289 e. The number of nitrogens with one attached hydrogen (secondary N) is 1. The predicted molar refractivity (Wildman–Crippen MR) is 114 cm³/mol. The van der Waals surface area contributed by atoms with Crippen LogP contribution in [0.15, 0.2) is 27.8 Å². The van der Waals surface area contributed by atoms with Crippen molar-refractivity contribution in [3.63, 3.8) is 0 Å². The van der Waals surface area contributed by atoms with Crippen LogP contribution in [0.5, 0.6) is 0 Å². The lowest BCUT2D eigenvalue weighted by atomic mass is 9.83. The van der Waals surface area contributed by atoms with Crippen LogP contribution in [0.2, 0.25) is 0 Å². The van der Waals surface area contributed by atoms with Crippen LogP contribution in [-0.2, 0) is 0 Å². The first-order valence-corrected chi connectivity index (χ1v) is 9.46. The van der Waals surface area contributed by atoms with Crippen molar-refractivity contribution >= 4 is 35.8 Å². The molecule has 1 amide bonds. The molecular weight excluding hydrogens is 443 g/mol. The number of amides is 1. The van der Waals surface area contributed by atoms with Gasteiger partial charge < -0.3 is 19.5 Å². The lowest BCUT2D eigenvalue weighted by Gasteiger charge is -2.37. The molecule has 1 aliphatic heterocycles. The second-order valence-electron chi connectivity index (χ2n) is 7.22. The lowest BCUT2D eigenvalue weighted by molar-refractivity contribution is 0.0657. The number of aliphatic imine (C=N–C) groups is 1. The zero-order chi connectivity index (χ0) is 17.7. The Morgan fingerprint density at radius 2 is 1.88 bits per heavy atom. The van der Waals surface area contributed by atoms with E-state index in [9.17, 15) is 4.79 Å². The first kappa shape index (κ1) is 21.1. The molecule has 2 aliphatic rings. The van der Waals surface area contributed by atoms with Gasteiger partial charge >= 0.3 is 0 Å². The maximum Gasteiger partial charge on any atom is 0.289 e. The van der Waals surface area contributed by atoms with E-state index in [4.69, 9.17) is 4.42 Å². The van der Waals surface area contributed by atoms with E-state index in [1.807, 2.05) is 11.9 Å². The van der Waals surface area contributed by atoms with Gasteiger partial charge in [0.25, 0.3) is 5.91 Å². The van der Waals surface area contributed by atoms with E-state index in [0.717, 1.165) is 25.6 Å². The van der Waals surface area contributed by atoms with Crippen LogP contribution < -0.4 is 5.32 Å². The number of furan rings is 1. The third-order valence-electron chi connectivity index (χ3n) is 5.85. The Morgan fingerprint density at radius 3 is 2.42 bits per heavy atom. The van der Waals surface area contributed by atoms with Gasteiger partial charge in [-0.25, -0.2) is 0 Å². The monoisotopic (exact) mass is 474 g/mol. The Morgan fingerprint density at radius 1 is 1.23 bits per heavy atom. The van der Waals surface area contributed by atoms with Gasteiger partial charge in [-0.3, -0.25) is 9.79 Å². The van der Waals surface area contributed by atoms with E-state index in [-0.39, 0.29) is 29.9 Å². The van der Waals surface area contributed by atoms with Crippen LogP contribution in [0, 0.1) is 5.41 Å². The highest BCUT2D eigenvalue weighted by atomic mass is 127. The van der Waals surface area contributed by atoms with Crippen LogP contribution in [0.4, 0.5) is 0 Å². The van der Waals surface area contributed by atoms with Gasteiger partial charge in [-0.15, -0.1) is 24.0 Å². The summed E-state index contributed by atoms with van der Waals surface area (Å²) in [7, 11) is 1.84. The van der Waals surface area contributed by atoms with Crippen molar-refractivity contribution in [3.05, 3.63) is 24.2 Å². The summed E-state index contributed by atoms with van der Waals surface area (Å²) < 4.78 is 5.22. The van der Waals surface area contributed by atoms with Crippen molar-refractivity contribution in [2.75, 3.05) is 39.8 Å². The summed E-state index contributed by atoms with van der Waals surface area (Å²) in [5.41, 5.74) is 0.438. The van der Waals surface area contributed by atoms with E-state index in [1.165, 1.54) is 32.1 Å². The number of halogens is 1. The Labute approximate surface area is 173 Å². The second-order valence-corrected chi connectivity index (χ2v) is 7.22. The maximum atomic E-state index is 12.4.